The maximum atomic E-state index is 13.5. The lowest BCUT2D eigenvalue weighted by Gasteiger charge is -2.36. The van der Waals surface area contributed by atoms with Gasteiger partial charge in [-0.3, -0.25) is 4.90 Å². The Morgan fingerprint density at radius 1 is 1.40 bits per heavy atom. The van der Waals surface area contributed by atoms with Gasteiger partial charge in [0.1, 0.15) is 6.61 Å². The molecule has 0 spiro atoms. The second-order valence-electron chi connectivity index (χ2n) is 4.84. The molecule has 0 radical (unpaired) electrons. The molecule has 2 rings (SSSR count). The number of methoxy groups -OCH3 is 1. The summed E-state index contributed by atoms with van der Waals surface area (Å²) in [5.74, 6) is -2.94. The van der Waals surface area contributed by atoms with Crippen LogP contribution in [-0.2, 0) is 16.1 Å². The maximum Gasteiger partial charge on any atom is 0.410 e. The highest BCUT2D eigenvalue weighted by Crippen LogP contribution is 2.28. The lowest BCUT2D eigenvalue weighted by Crippen LogP contribution is -2.52. The van der Waals surface area contributed by atoms with Crippen LogP contribution < -0.4 is 0 Å². The first-order chi connectivity index (χ1) is 9.50. The van der Waals surface area contributed by atoms with Crippen LogP contribution in [0.15, 0.2) is 30.3 Å². The Bertz CT molecular complexity index is 453. The van der Waals surface area contributed by atoms with Crippen molar-refractivity contribution in [2.45, 2.75) is 25.1 Å². The molecule has 4 nitrogen and oxygen atoms in total. The number of benzene rings is 1. The molecule has 1 saturated heterocycles. The summed E-state index contributed by atoms with van der Waals surface area (Å²) < 4.78 is 37.0. The second-order valence-corrected chi connectivity index (χ2v) is 4.84. The molecule has 1 aromatic rings. The van der Waals surface area contributed by atoms with E-state index in [-0.39, 0.29) is 19.6 Å². The van der Waals surface area contributed by atoms with Crippen LogP contribution in [0.1, 0.15) is 12.0 Å². The first-order valence-corrected chi connectivity index (χ1v) is 6.36. The van der Waals surface area contributed by atoms with Gasteiger partial charge in [0.25, 0.3) is 5.92 Å². The van der Waals surface area contributed by atoms with Gasteiger partial charge in [0.15, 0.2) is 0 Å². The zero-order valence-corrected chi connectivity index (χ0v) is 11.2. The molecule has 1 heterocycles. The quantitative estimate of drug-likeness (QED) is 0.857. The predicted octanol–water partition coefficient (Wildman–Crippen LogP) is 2.68. The molecule has 1 atom stereocenters. The minimum atomic E-state index is -2.94. The van der Waals surface area contributed by atoms with Gasteiger partial charge in [-0.05, 0) is 5.56 Å². The molecule has 1 amide bonds. The van der Waals surface area contributed by atoms with Gasteiger partial charge in [-0.15, -0.1) is 0 Å². The fourth-order valence-electron chi connectivity index (χ4n) is 2.16. The van der Waals surface area contributed by atoms with E-state index < -0.39 is 24.7 Å². The molecular weight excluding hydrogens is 268 g/mol. The normalized spacial score (nSPS) is 21.6. The van der Waals surface area contributed by atoms with Crippen molar-refractivity contribution in [3.05, 3.63) is 35.9 Å². The SMILES string of the molecule is COC1CN(C(=O)OCc2ccccc2)CC(F)(F)C1. The average molecular weight is 285 g/mol. The summed E-state index contributed by atoms with van der Waals surface area (Å²) in [5.41, 5.74) is 0.813. The lowest BCUT2D eigenvalue weighted by molar-refractivity contribution is -0.111. The third kappa shape index (κ3) is 3.90. The lowest BCUT2D eigenvalue weighted by atomic mass is 10.1. The Kier molecular flexibility index (Phi) is 4.54. The number of ether oxygens (including phenoxy) is 2. The standard InChI is InChI=1S/C14H17F2NO3/c1-19-12-7-14(15,16)10-17(8-12)13(18)20-9-11-5-3-2-4-6-11/h2-6,12H,7-10H2,1H3. The van der Waals surface area contributed by atoms with Crippen LogP contribution in [0.5, 0.6) is 0 Å². The third-order valence-electron chi connectivity index (χ3n) is 3.17. The molecule has 0 N–H and O–H groups in total. The molecule has 110 valence electrons. The van der Waals surface area contributed by atoms with Gasteiger partial charge in [-0.25, -0.2) is 13.6 Å². The van der Waals surface area contributed by atoms with Crippen molar-refractivity contribution in [1.82, 2.24) is 4.90 Å². The largest absolute Gasteiger partial charge is 0.445 e. The third-order valence-corrected chi connectivity index (χ3v) is 3.17. The molecule has 0 aliphatic carbocycles. The summed E-state index contributed by atoms with van der Waals surface area (Å²) in [6.07, 6.45) is -1.77. The van der Waals surface area contributed by atoms with Gasteiger partial charge in [0.2, 0.25) is 0 Å². The van der Waals surface area contributed by atoms with E-state index in [9.17, 15) is 13.6 Å². The summed E-state index contributed by atoms with van der Waals surface area (Å²) >= 11 is 0. The van der Waals surface area contributed by atoms with Gasteiger partial charge in [-0.1, -0.05) is 30.3 Å². The van der Waals surface area contributed by atoms with E-state index in [4.69, 9.17) is 9.47 Å². The number of carbonyl (C=O) groups excluding carboxylic acids is 1. The zero-order chi connectivity index (χ0) is 14.6. The van der Waals surface area contributed by atoms with Crippen molar-refractivity contribution in [3.63, 3.8) is 0 Å². The number of amides is 1. The molecule has 1 fully saturated rings. The highest BCUT2D eigenvalue weighted by Gasteiger charge is 2.42. The summed E-state index contributed by atoms with van der Waals surface area (Å²) in [4.78, 5) is 12.8. The van der Waals surface area contributed by atoms with E-state index in [0.29, 0.717) is 0 Å². The number of hydrogen-bond acceptors (Lipinski definition) is 3. The van der Waals surface area contributed by atoms with Crippen molar-refractivity contribution >= 4 is 6.09 Å². The minimum absolute atomic E-state index is 0.0688. The molecule has 1 aliphatic rings. The first-order valence-electron chi connectivity index (χ1n) is 6.36. The van der Waals surface area contributed by atoms with Crippen molar-refractivity contribution in [3.8, 4) is 0 Å². The molecular formula is C14H17F2NO3. The van der Waals surface area contributed by atoms with Crippen LogP contribution in [0.25, 0.3) is 0 Å². The number of carbonyl (C=O) groups is 1. The van der Waals surface area contributed by atoms with Gasteiger partial charge >= 0.3 is 6.09 Å². The van der Waals surface area contributed by atoms with E-state index in [1.54, 1.807) is 12.1 Å². The number of alkyl halides is 2. The van der Waals surface area contributed by atoms with E-state index in [2.05, 4.69) is 0 Å². The van der Waals surface area contributed by atoms with E-state index in [1.807, 2.05) is 18.2 Å². The van der Waals surface area contributed by atoms with Crippen LogP contribution >= 0.6 is 0 Å². The average Bonchev–Trinajstić information content (AvgIpc) is 2.44. The number of halogens is 2. The fraction of sp³-hybridized carbons (Fsp3) is 0.500. The Balaban J connectivity index is 1.91. The predicted molar refractivity (Wildman–Crippen MR) is 68.6 cm³/mol. The highest BCUT2D eigenvalue weighted by atomic mass is 19.3. The number of likely N-dealkylation sites (tertiary alicyclic amines) is 1. The zero-order valence-electron chi connectivity index (χ0n) is 11.2. The summed E-state index contributed by atoms with van der Waals surface area (Å²) in [6.45, 7) is -0.431. The van der Waals surface area contributed by atoms with Crippen LogP contribution in [0.3, 0.4) is 0 Å². The molecule has 20 heavy (non-hydrogen) atoms. The highest BCUT2D eigenvalue weighted by molar-refractivity contribution is 5.68. The smallest absolute Gasteiger partial charge is 0.410 e. The molecule has 0 bridgehead atoms. The Morgan fingerprint density at radius 2 is 2.10 bits per heavy atom. The monoisotopic (exact) mass is 285 g/mol. The van der Waals surface area contributed by atoms with Gasteiger partial charge in [0.05, 0.1) is 19.2 Å². The molecule has 0 saturated carbocycles. The summed E-state index contributed by atoms with van der Waals surface area (Å²) in [6, 6.07) is 9.09. The topological polar surface area (TPSA) is 38.8 Å². The number of piperidine rings is 1. The molecule has 1 aromatic carbocycles. The second kappa shape index (κ2) is 6.17. The van der Waals surface area contributed by atoms with Crippen LogP contribution in [-0.4, -0.2) is 43.2 Å². The minimum Gasteiger partial charge on any atom is -0.445 e. The van der Waals surface area contributed by atoms with Crippen LogP contribution in [0.2, 0.25) is 0 Å². The number of rotatable bonds is 3. The van der Waals surface area contributed by atoms with Crippen molar-refractivity contribution in [2.24, 2.45) is 0 Å². The molecule has 0 aromatic heterocycles. The number of hydrogen-bond donors (Lipinski definition) is 0. The Hall–Kier alpha value is -1.69. The maximum absolute atomic E-state index is 13.5. The van der Waals surface area contributed by atoms with Crippen molar-refractivity contribution in [1.29, 1.82) is 0 Å². The molecule has 6 heteroatoms. The molecule has 1 aliphatic heterocycles. The van der Waals surface area contributed by atoms with E-state index in [0.717, 1.165) is 10.5 Å². The fourth-order valence-corrected chi connectivity index (χ4v) is 2.16. The van der Waals surface area contributed by atoms with Gasteiger partial charge in [0, 0.05) is 13.5 Å². The summed E-state index contributed by atoms with van der Waals surface area (Å²) in [7, 11) is 1.36. The molecule has 1 unspecified atom stereocenters. The first kappa shape index (κ1) is 14.7. The van der Waals surface area contributed by atoms with E-state index >= 15 is 0 Å². The van der Waals surface area contributed by atoms with Gasteiger partial charge < -0.3 is 9.47 Å². The van der Waals surface area contributed by atoms with Crippen LogP contribution in [0, 0.1) is 0 Å². The number of nitrogens with zero attached hydrogens (tertiary/aromatic N) is 1. The Morgan fingerprint density at radius 3 is 2.75 bits per heavy atom. The van der Waals surface area contributed by atoms with Crippen molar-refractivity contribution in [2.75, 3.05) is 20.2 Å². The Labute approximate surface area is 116 Å². The van der Waals surface area contributed by atoms with E-state index in [1.165, 1.54) is 7.11 Å². The van der Waals surface area contributed by atoms with Gasteiger partial charge in [-0.2, -0.15) is 0 Å². The van der Waals surface area contributed by atoms with Crippen molar-refractivity contribution < 1.29 is 23.0 Å². The summed E-state index contributed by atoms with van der Waals surface area (Å²) in [5, 5.41) is 0. The van der Waals surface area contributed by atoms with Crippen LogP contribution in [0.4, 0.5) is 13.6 Å².